The van der Waals surface area contributed by atoms with E-state index in [-0.39, 0.29) is 32.0 Å². The maximum Gasteiger partial charge on any atom is 0.422 e. The number of likely N-dealkylation sites (N-methyl/N-ethyl adjacent to an activating group) is 1. The number of hydrogen-bond donors (Lipinski definition) is 5. The molecule has 1 aliphatic rings. The van der Waals surface area contributed by atoms with Crippen molar-refractivity contribution < 1.29 is 45.1 Å². The van der Waals surface area contributed by atoms with Gasteiger partial charge in [0.25, 0.3) is 11.8 Å². The first kappa shape index (κ1) is 65.4. The van der Waals surface area contributed by atoms with Gasteiger partial charge in [0.05, 0.1) is 43.4 Å². The summed E-state index contributed by atoms with van der Waals surface area (Å²) in [6.45, 7) is 7.95. The molecule has 7 rings (SSSR count). The van der Waals surface area contributed by atoms with Gasteiger partial charge >= 0.3 is 16.5 Å². The molecule has 0 saturated carbocycles. The molecule has 78 heavy (non-hydrogen) atoms. The molecule has 0 radical (unpaired) electrons. The Morgan fingerprint density at radius 3 is 1.76 bits per heavy atom. The third kappa shape index (κ3) is 19.6. The molecule has 6 aromatic rings. The first-order chi connectivity index (χ1) is 36.4. The smallest absolute Gasteiger partial charge is 0.422 e. The molecule has 1 saturated heterocycles. The highest BCUT2D eigenvalue weighted by Gasteiger charge is 2.45. The van der Waals surface area contributed by atoms with Crippen LogP contribution in [0.3, 0.4) is 0 Å². The van der Waals surface area contributed by atoms with Crippen molar-refractivity contribution in [3.63, 3.8) is 0 Å². The Morgan fingerprint density at radius 1 is 0.705 bits per heavy atom. The van der Waals surface area contributed by atoms with E-state index < -0.39 is 44.4 Å². The maximum absolute atomic E-state index is 13.4. The van der Waals surface area contributed by atoms with Crippen molar-refractivity contribution in [1.82, 2.24) is 4.72 Å². The first-order valence-electron chi connectivity index (χ1n) is 22.7. The van der Waals surface area contributed by atoms with Crippen LogP contribution in [0.25, 0.3) is 0 Å². The van der Waals surface area contributed by atoms with Crippen LogP contribution in [0.15, 0.2) is 114 Å². The van der Waals surface area contributed by atoms with E-state index in [0.717, 1.165) is 52.3 Å². The van der Waals surface area contributed by atoms with Crippen LogP contribution in [0.1, 0.15) is 41.7 Å². The van der Waals surface area contributed by atoms with E-state index in [1.54, 1.807) is 60.7 Å². The number of aliphatic imine (C=N–C) groups is 1. The molecule has 1 atom stereocenters. The molecule has 27 heteroatoms. The zero-order valence-electron chi connectivity index (χ0n) is 42.2. The number of aryl methyl sites for hydroxylation is 2. The molecular weight excluding hydrogens is 1220 g/mol. The summed E-state index contributed by atoms with van der Waals surface area (Å²) in [6.07, 6.45) is 0.0795. The number of carbonyl (C=O) groups is 3. The van der Waals surface area contributed by atoms with Gasteiger partial charge in [-0.25, -0.2) is 27.8 Å². The Kier molecular flexibility index (Phi) is 24.6. The Morgan fingerprint density at radius 2 is 1.22 bits per heavy atom. The summed E-state index contributed by atoms with van der Waals surface area (Å²) in [4.78, 5) is 47.8. The Hall–Kier alpha value is -5.10. The number of imide groups is 1. The van der Waals surface area contributed by atoms with E-state index in [1.807, 2.05) is 69.2 Å². The molecule has 3 amide bonds. The Labute approximate surface area is 492 Å². The quantitative estimate of drug-likeness (QED) is 0.0388. The van der Waals surface area contributed by atoms with Crippen LogP contribution in [-0.2, 0) is 34.7 Å². The third-order valence-corrected chi connectivity index (χ3v) is 13.9. The number of benzene rings is 6. The molecule has 0 aromatic heterocycles. The summed E-state index contributed by atoms with van der Waals surface area (Å²) in [7, 11) is -3.83. The second kappa shape index (κ2) is 29.4. The lowest BCUT2D eigenvalue weighted by atomic mass is 10.1. The normalized spacial score (nSPS) is 13.3. The molecule has 418 valence electrons. The fourth-order valence-corrected chi connectivity index (χ4v) is 9.30. The number of hydrogen-bond acceptors (Lipinski definition) is 12. The number of nitrogen functional groups attached to an aromatic ring is 1. The fraction of sp³-hybridized carbons (Fsp3) is 0.216. The summed E-state index contributed by atoms with van der Waals surface area (Å²) in [5.74, 6) is -1.16. The van der Waals surface area contributed by atoms with Gasteiger partial charge in [-0.3, -0.25) is 18.7 Å². The summed E-state index contributed by atoms with van der Waals surface area (Å²) < 4.78 is 61.0. The van der Waals surface area contributed by atoms with Crippen LogP contribution < -0.4 is 30.5 Å². The van der Waals surface area contributed by atoms with Crippen molar-refractivity contribution in [3.05, 3.63) is 172 Å². The molecule has 0 bridgehead atoms. The highest BCUT2D eigenvalue weighted by molar-refractivity contribution is 7.88. The molecule has 6 N–H and O–H groups in total. The lowest BCUT2D eigenvalue weighted by Gasteiger charge is -2.20. The zero-order chi connectivity index (χ0) is 58.4. The van der Waals surface area contributed by atoms with Gasteiger partial charge in [0.15, 0.2) is 0 Å². The molecule has 1 unspecified atom stereocenters. The SMILES string of the molecule is CCCN(C)c1ccc(N=C(C(=O)Nc2cc(Cl)ccc2Cl)c2c(Cl)cccc2Cl)c(C)c1.Cc1cc(N(C)CCNS(C)(=O)=O)ccc1N.O=C1OC(c2c(Cl)cccc2Cl)C(=O)N1c1cc(Cl)ccc1Cl.O=S(=O)(O)O. The van der Waals surface area contributed by atoms with Crippen LogP contribution in [0.5, 0.6) is 0 Å². The minimum atomic E-state index is -4.67. The van der Waals surface area contributed by atoms with Crippen molar-refractivity contribution in [2.24, 2.45) is 4.99 Å². The number of anilines is 5. The van der Waals surface area contributed by atoms with Crippen molar-refractivity contribution in [3.8, 4) is 0 Å². The molecule has 1 fully saturated rings. The van der Waals surface area contributed by atoms with Crippen molar-refractivity contribution in [2.45, 2.75) is 33.3 Å². The van der Waals surface area contributed by atoms with Crippen LogP contribution in [0.2, 0.25) is 40.2 Å². The van der Waals surface area contributed by atoms with E-state index in [4.69, 9.17) is 121 Å². The third-order valence-electron chi connectivity index (χ3n) is 10.8. The van der Waals surface area contributed by atoms with Crippen molar-refractivity contribution >= 4 is 171 Å². The lowest BCUT2D eigenvalue weighted by Crippen LogP contribution is -2.32. The van der Waals surface area contributed by atoms with E-state index in [9.17, 15) is 22.8 Å². The number of nitrogens with one attached hydrogen (secondary N) is 2. The number of cyclic esters (lactones) is 1. The molecular formula is C51H51Cl8N7O10S2. The largest absolute Gasteiger partial charge is 0.430 e. The van der Waals surface area contributed by atoms with Gasteiger partial charge in [0.2, 0.25) is 16.1 Å². The zero-order valence-corrected chi connectivity index (χ0v) is 49.8. The number of ether oxygens (including phenoxy) is 1. The first-order valence-corrected chi connectivity index (χ1v) is 29.0. The summed E-state index contributed by atoms with van der Waals surface area (Å²) in [5, 5.41) is 5.14. The second-order valence-electron chi connectivity index (χ2n) is 16.8. The summed E-state index contributed by atoms with van der Waals surface area (Å²) >= 11 is 49.3. The molecule has 17 nitrogen and oxygen atoms in total. The molecule has 1 aliphatic heterocycles. The minimum Gasteiger partial charge on any atom is -0.430 e. The molecule has 0 spiro atoms. The van der Waals surface area contributed by atoms with Crippen LogP contribution in [-0.4, -0.2) is 89.5 Å². The highest BCUT2D eigenvalue weighted by Crippen LogP contribution is 2.41. The number of amides is 3. The van der Waals surface area contributed by atoms with E-state index in [1.165, 1.54) is 12.1 Å². The van der Waals surface area contributed by atoms with E-state index in [0.29, 0.717) is 55.1 Å². The topological polar surface area (TPSA) is 241 Å². The van der Waals surface area contributed by atoms with E-state index in [2.05, 4.69) is 26.9 Å². The van der Waals surface area contributed by atoms with Gasteiger partial charge in [-0.05, 0) is 128 Å². The van der Waals surface area contributed by atoms with Crippen LogP contribution in [0, 0.1) is 13.8 Å². The van der Waals surface area contributed by atoms with Gasteiger partial charge in [-0.15, -0.1) is 0 Å². The average molecular weight is 1270 g/mol. The average Bonchev–Trinajstić information content (AvgIpc) is 3.63. The number of nitrogens with two attached hydrogens (primary N) is 1. The second-order valence-corrected chi connectivity index (χ2v) is 22.8. The predicted octanol–water partition coefficient (Wildman–Crippen LogP) is 13.6. The molecule has 0 aliphatic carbocycles. The minimum absolute atomic E-state index is 0.0689. The Balaban J connectivity index is 0.000000254. The Bertz CT molecular complexity index is 3380. The predicted molar refractivity (Wildman–Crippen MR) is 318 cm³/mol. The van der Waals surface area contributed by atoms with Gasteiger partial charge in [0, 0.05) is 82.0 Å². The monoisotopic (exact) mass is 1270 g/mol. The van der Waals surface area contributed by atoms with Gasteiger partial charge in [-0.1, -0.05) is 112 Å². The van der Waals surface area contributed by atoms with Gasteiger partial charge < -0.3 is 25.6 Å². The van der Waals surface area contributed by atoms with Gasteiger partial charge in [0.1, 0.15) is 5.71 Å². The van der Waals surface area contributed by atoms with E-state index >= 15 is 0 Å². The number of sulfonamides is 1. The van der Waals surface area contributed by atoms with Crippen LogP contribution in [0.4, 0.5) is 38.9 Å². The highest BCUT2D eigenvalue weighted by atomic mass is 35.5. The fourth-order valence-electron chi connectivity index (χ4n) is 6.96. The number of carbonyl (C=O) groups excluding carboxylic acids is 3. The summed E-state index contributed by atoms with van der Waals surface area (Å²) in [5.41, 5.74) is 12.3. The summed E-state index contributed by atoms with van der Waals surface area (Å²) in [6, 6.07) is 30.6. The number of nitrogens with zero attached hydrogens (tertiary/aromatic N) is 4. The van der Waals surface area contributed by atoms with Crippen LogP contribution >= 0.6 is 92.8 Å². The standard InChI is InChI=1S/C25H23Cl4N3O.C15H7Cl4NO3.C11H19N3O2S.H2O4S/c1-4-12-32(3)17-9-11-21(15(2)13-17)30-24(23-19(28)6-5-7-20(23)29)25(33)31-22-14-16(26)8-10-18(22)27;16-7-4-5-8(17)11(6-7)20-14(21)13(23-15(20)22)12-9(18)2-1-3-10(12)19;1-9-8-10(4-5-11(9)12)14(2)7-6-13-17(3,15)16;1-5(2,3)4/h5-11,13-14H,4,12H2,1-3H3,(H,31,33);1-6,13H;4-5,8,13H,6-7,12H2,1-3H3;(H2,1,2,3,4). The van der Waals surface area contributed by atoms with Crippen molar-refractivity contribution in [2.75, 3.05) is 65.7 Å². The van der Waals surface area contributed by atoms with Crippen molar-refractivity contribution in [1.29, 1.82) is 0 Å². The van der Waals surface area contributed by atoms with Gasteiger partial charge in [-0.2, -0.15) is 8.42 Å². The maximum atomic E-state index is 13.4. The lowest BCUT2D eigenvalue weighted by molar-refractivity contribution is -0.122. The molecule has 1 heterocycles. The number of halogens is 8. The number of rotatable bonds is 14. The molecule has 6 aromatic carbocycles.